The standard InChI is InChI=1S/C21H30N2O.ClH/c24-21(13-12-20-9-4-5-10-20)23-17-15-22(16-18-23)14-6-11-19-7-2-1-3-8-19;/h1-3,6-8,11,20H,4-5,9-10,12-18H2;1H. The number of nitrogens with one attached hydrogen (secondary N) is 1. The van der Waals surface area contributed by atoms with Crippen LogP contribution >= 0.6 is 0 Å². The highest BCUT2D eigenvalue weighted by Gasteiger charge is 2.24. The van der Waals surface area contributed by atoms with Gasteiger partial charge in [-0.3, -0.25) is 4.79 Å². The molecule has 2 fully saturated rings. The van der Waals surface area contributed by atoms with Crippen LogP contribution in [0.15, 0.2) is 36.4 Å². The van der Waals surface area contributed by atoms with Crippen LogP contribution in [0.1, 0.15) is 44.1 Å². The Morgan fingerprint density at radius 3 is 2.48 bits per heavy atom. The fraction of sp³-hybridized carbons (Fsp3) is 0.571. The molecule has 2 aliphatic rings. The lowest BCUT2D eigenvalue weighted by Gasteiger charge is -2.32. The Balaban J connectivity index is 0.00000225. The molecule has 0 atom stereocenters. The van der Waals surface area contributed by atoms with E-state index in [9.17, 15) is 4.79 Å². The summed E-state index contributed by atoms with van der Waals surface area (Å²) in [5.41, 5.74) is 1.26. The summed E-state index contributed by atoms with van der Waals surface area (Å²) in [5, 5.41) is 0. The van der Waals surface area contributed by atoms with Gasteiger partial charge in [0.25, 0.3) is 0 Å². The molecule has 1 amide bonds. The van der Waals surface area contributed by atoms with E-state index in [1.165, 1.54) is 31.2 Å². The van der Waals surface area contributed by atoms with Crippen LogP contribution in [0, 0.1) is 5.92 Å². The number of benzene rings is 1. The molecule has 0 spiro atoms. The summed E-state index contributed by atoms with van der Waals surface area (Å²) in [6.45, 7) is 5.07. The summed E-state index contributed by atoms with van der Waals surface area (Å²) in [6.07, 6.45) is 11.8. The Labute approximate surface area is 158 Å². The third-order valence-corrected chi connectivity index (χ3v) is 5.58. The lowest BCUT2D eigenvalue weighted by molar-refractivity contribution is -0.898. The molecule has 1 N–H and O–H groups in total. The van der Waals surface area contributed by atoms with E-state index in [1.54, 1.807) is 4.90 Å². The van der Waals surface area contributed by atoms with Gasteiger partial charge >= 0.3 is 0 Å². The first kappa shape index (κ1) is 20.0. The van der Waals surface area contributed by atoms with Gasteiger partial charge in [-0.15, -0.1) is 0 Å². The third-order valence-electron chi connectivity index (χ3n) is 5.58. The molecule has 0 radical (unpaired) electrons. The monoisotopic (exact) mass is 362 g/mol. The first-order valence-corrected chi connectivity index (χ1v) is 9.64. The molecular weight excluding hydrogens is 332 g/mol. The van der Waals surface area contributed by atoms with Crippen LogP contribution in [0.2, 0.25) is 0 Å². The van der Waals surface area contributed by atoms with Gasteiger partial charge in [-0.2, -0.15) is 0 Å². The molecule has 0 bridgehead atoms. The SMILES string of the molecule is O=C(CCC1CCCC1)N1CC[NH+](CC=Cc2ccccc2)CC1.[Cl-]. The van der Waals surface area contributed by atoms with Gasteiger partial charge in [0.1, 0.15) is 0 Å². The van der Waals surface area contributed by atoms with Crippen LogP contribution < -0.4 is 17.3 Å². The molecule has 0 unspecified atom stereocenters. The molecule has 1 aromatic rings. The predicted octanol–water partition coefficient (Wildman–Crippen LogP) is -0.599. The predicted molar refractivity (Wildman–Crippen MR) is 98.8 cm³/mol. The molecule has 1 aliphatic heterocycles. The molecule has 0 aromatic heterocycles. The van der Waals surface area contributed by atoms with E-state index < -0.39 is 0 Å². The van der Waals surface area contributed by atoms with Crippen LogP contribution in [-0.4, -0.2) is 43.5 Å². The summed E-state index contributed by atoms with van der Waals surface area (Å²) in [7, 11) is 0. The fourth-order valence-corrected chi connectivity index (χ4v) is 3.99. The Morgan fingerprint density at radius 2 is 1.80 bits per heavy atom. The van der Waals surface area contributed by atoms with Crippen molar-refractivity contribution in [2.75, 3.05) is 32.7 Å². The average molecular weight is 363 g/mol. The molecule has 3 rings (SSSR count). The molecule has 25 heavy (non-hydrogen) atoms. The second-order valence-corrected chi connectivity index (χ2v) is 7.34. The van der Waals surface area contributed by atoms with Gasteiger partial charge in [-0.25, -0.2) is 0 Å². The van der Waals surface area contributed by atoms with Gasteiger partial charge in [-0.1, -0.05) is 62.1 Å². The number of rotatable bonds is 6. The first-order valence-electron chi connectivity index (χ1n) is 9.64. The van der Waals surface area contributed by atoms with Crippen molar-refractivity contribution in [1.29, 1.82) is 0 Å². The zero-order chi connectivity index (χ0) is 16.6. The van der Waals surface area contributed by atoms with Gasteiger partial charge < -0.3 is 22.2 Å². The van der Waals surface area contributed by atoms with E-state index in [2.05, 4.69) is 41.3 Å². The minimum atomic E-state index is 0. The minimum absolute atomic E-state index is 0. The Kier molecular flexibility index (Phi) is 8.50. The van der Waals surface area contributed by atoms with Gasteiger partial charge in [0.05, 0.1) is 32.7 Å². The summed E-state index contributed by atoms with van der Waals surface area (Å²) >= 11 is 0. The largest absolute Gasteiger partial charge is 1.00 e. The molecule has 4 heteroatoms. The van der Waals surface area contributed by atoms with E-state index in [-0.39, 0.29) is 12.4 Å². The van der Waals surface area contributed by atoms with E-state index in [0.717, 1.165) is 51.5 Å². The summed E-state index contributed by atoms with van der Waals surface area (Å²) < 4.78 is 0. The van der Waals surface area contributed by atoms with Crippen molar-refractivity contribution in [3.63, 3.8) is 0 Å². The Bertz CT molecular complexity index is 532. The van der Waals surface area contributed by atoms with Crippen molar-refractivity contribution < 1.29 is 22.1 Å². The third kappa shape index (κ3) is 6.48. The maximum absolute atomic E-state index is 12.4. The van der Waals surface area contributed by atoms with Gasteiger partial charge in [0.15, 0.2) is 0 Å². The van der Waals surface area contributed by atoms with Gasteiger partial charge in [0, 0.05) is 6.42 Å². The van der Waals surface area contributed by atoms with Crippen LogP contribution in [0.5, 0.6) is 0 Å². The number of carbonyl (C=O) groups is 1. The van der Waals surface area contributed by atoms with Crippen molar-refractivity contribution in [1.82, 2.24) is 4.90 Å². The lowest BCUT2D eigenvalue weighted by atomic mass is 10.0. The molecule has 3 nitrogen and oxygen atoms in total. The second kappa shape index (κ2) is 10.6. The fourth-order valence-electron chi connectivity index (χ4n) is 3.99. The van der Waals surface area contributed by atoms with Crippen molar-refractivity contribution in [3.05, 3.63) is 42.0 Å². The van der Waals surface area contributed by atoms with E-state index in [4.69, 9.17) is 0 Å². The molecule has 1 aromatic carbocycles. The van der Waals surface area contributed by atoms with Crippen LogP contribution in [0.25, 0.3) is 6.08 Å². The number of nitrogens with zero attached hydrogens (tertiary/aromatic N) is 1. The zero-order valence-electron chi connectivity index (χ0n) is 15.1. The number of hydrogen-bond acceptors (Lipinski definition) is 1. The Hall–Kier alpha value is -1.32. The summed E-state index contributed by atoms with van der Waals surface area (Å²) in [6, 6.07) is 10.5. The van der Waals surface area contributed by atoms with Gasteiger partial charge in [0.2, 0.25) is 5.91 Å². The van der Waals surface area contributed by atoms with E-state index in [0.29, 0.717) is 5.91 Å². The van der Waals surface area contributed by atoms with Crippen LogP contribution in [0.3, 0.4) is 0 Å². The molecule has 138 valence electrons. The van der Waals surface area contributed by atoms with E-state index in [1.807, 2.05) is 6.07 Å². The number of halogens is 1. The first-order chi connectivity index (χ1) is 11.8. The molecule has 1 saturated heterocycles. The Morgan fingerprint density at radius 1 is 1.12 bits per heavy atom. The number of quaternary nitrogens is 1. The zero-order valence-corrected chi connectivity index (χ0v) is 15.9. The van der Waals surface area contributed by atoms with Crippen molar-refractivity contribution in [3.8, 4) is 0 Å². The molecule has 1 saturated carbocycles. The number of carbonyl (C=O) groups excluding carboxylic acids is 1. The maximum Gasteiger partial charge on any atom is 0.222 e. The molecule has 1 aliphatic carbocycles. The van der Waals surface area contributed by atoms with E-state index >= 15 is 0 Å². The summed E-state index contributed by atoms with van der Waals surface area (Å²) in [4.78, 5) is 16.0. The smallest absolute Gasteiger partial charge is 0.222 e. The van der Waals surface area contributed by atoms with Crippen LogP contribution in [0.4, 0.5) is 0 Å². The molecule has 1 heterocycles. The molecular formula is C21H31ClN2O. The van der Waals surface area contributed by atoms with Crippen molar-refractivity contribution in [2.24, 2.45) is 5.92 Å². The second-order valence-electron chi connectivity index (χ2n) is 7.34. The van der Waals surface area contributed by atoms with Crippen molar-refractivity contribution >= 4 is 12.0 Å². The highest BCUT2D eigenvalue weighted by atomic mass is 35.5. The topological polar surface area (TPSA) is 24.8 Å². The highest BCUT2D eigenvalue weighted by Crippen LogP contribution is 2.28. The number of piperazine rings is 1. The number of hydrogen-bond donors (Lipinski definition) is 1. The number of amides is 1. The maximum atomic E-state index is 12.4. The lowest BCUT2D eigenvalue weighted by Crippen LogP contribution is -3.14. The normalized spacial score (nSPS) is 19.3. The average Bonchev–Trinajstić information content (AvgIpc) is 3.15. The van der Waals surface area contributed by atoms with Gasteiger partial charge in [-0.05, 0) is 24.0 Å². The highest BCUT2D eigenvalue weighted by molar-refractivity contribution is 5.76. The van der Waals surface area contributed by atoms with Crippen molar-refractivity contribution in [2.45, 2.75) is 38.5 Å². The quantitative estimate of drug-likeness (QED) is 0.718. The summed E-state index contributed by atoms with van der Waals surface area (Å²) in [5.74, 6) is 1.21. The minimum Gasteiger partial charge on any atom is -1.00 e. The van der Waals surface area contributed by atoms with Crippen LogP contribution in [-0.2, 0) is 4.79 Å².